The number of likely N-dealkylation sites (N-methyl/N-ethyl adjacent to an activating group) is 1. The minimum Gasteiger partial charge on any atom is -0.451 e. The monoisotopic (exact) mass is 444 g/mol. The van der Waals surface area contributed by atoms with Gasteiger partial charge in [0.25, 0.3) is 5.91 Å². The summed E-state index contributed by atoms with van der Waals surface area (Å²) >= 11 is 0. The lowest BCUT2D eigenvalue weighted by Crippen LogP contribution is -2.64. The highest BCUT2D eigenvalue weighted by atomic mass is 19.1. The molecule has 2 aromatic rings. The first-order valence-corrected chi connectivity index (χ1v) is 10.9. The molecule has 0 bridgehead atoms. The van der Waals surface area contributed by atoms with Gasteiger partial charge in [-0.15, -0.1) is 0 Å². The summed E-state index contributed by atoms with van der Waals surface area (Å²) in [6, 6.07) is 8.91. The summed E-state index contributed by atoms with van der Waals surface area (Å²) in [6.45, 7) is 4.30. The van der Waals surface area contributed by atoms with Crippen molar-refractivity contribution in [1.82, 2.24) is 9.80 Å². The van der Waals surface area contributed by atoms with Crippen LogP contribution in [0, 0.1) is 5.82 Å². The number of amides is 2. The molecule has 32 heavy (non-hydrogen) atoms. The second-order valence-electron chi connectivity index (χ2n) is 9.14. The van der Waals surface area contributed by atoms with Crippen LogP contribution in [0.3, 0.4) is 0 Å². The fourth-order valence-corrected chi connectivity index (χ4v) is 4.64. The van der Waals surface area contributed by atoms with E-state index in [0.717, 1.165) is 0 Å². The molecule has 7 nitrogen and oxygen atoms in total. The number of rotatable bonds is 3. The van der Waals surface area contributed by atoms with Crippen LogP contribution in [0.1, 0.15) is 43.7 Å². The van der Waals surface area contributed by atoms with E-state index in [0.29, 0.717) is 43.7 Å². The van der Waals surface area contributed by atoms with Gasteiger partial charge in [-0.1, -0.05) is 0 Å². The molecule has 8 heteroatoms. The number of furan rings is 1. The number of carbonyl (C=O) groups excluding carboxylic acids is 2. The van der Waals surface area contributed by atoms with E-state index in [4.69, 9.17) is 9.15 Å². The van der Waals surface area contributed by atoms with E-state index in [2.05, 4.69) is 0 Å². The summed E-state index contributed by atoms with van der Waals surface area (Å²) in [5.41, 5.74) is -0.898. The number of nitrogens with zero attached hydrogens (tertiary/aromatic N) is 2. The van der Waals surface area contributed by atoms with Crippen LogP contribution in [0.5, 0.6) is 0 Å². The smallest absolute Gasteiger partial charge is 0.289 e. The van der Waals surface area contributed by atoms with Crippen molar-refractivity contribution in [1.29, 1.82) is 0 Å². The zero-order valence-corrected chi connectivity index (χ0v) is 18.6. The van der Waals surface area contributed by atoms with E-state index in [9.17, 15) is 19.1 Å². The van der Waals surface area contributed by atoms with Crippen molar-refractivity contribution < 1.29 is 28.2 Å². The Hall–Kier alpha value is -2.71. The fraction of sp³-hybridized carbons (Fsp3) is 0.500. The number of ether oxygens (including phenoxy) is 1. The van der Waals surface area contributed by atoms with Gasteiger partial charge in [0.2, 0.25) is 5.91 Å². The second-order valence-corrected chi connectivity index (χ2v) is 9.14. The number of aliphatic hydroxyl groups is 1. The molecule has 1 N–H and O–H groups in total. The maximum atomic E-state index is 13.1. The SMILES string of the molecule is CC(=O)N(C)[C@H]1CC2(CCN(C(=O)c3ccc(-c4ccc(F)cc4)o3)CC2)OC[C@]1(C)O. The standard InChI is InChI=1S/C24H29FN2O5/c1-16(28)26(3)21-14-24(31-15-23(21,2)30)10-12-27(13-11-24)22(29)20-9-8-19(32-20)17-4-6-18(25)7-5-17/h4-9,21,30H,10-15H2,1-3H3/t21-,23-/m0/s1. The third-order valence-electron chi connectivity index (χ3n) is 6.83. The topological polar surface area (TPSA) is 83.2 Å². The summed E-state index contributed by atoms with van der Waals surface area (Å²) in [5.74, 6) is 0.113. The number of hydrogen-bond donors (Lipinski definition) is 1. The van der Waals surface area contributed by atoms with Crippen molar-refractivity contribution in [3.05, 3.63) is 48.0 Å². The van der Waals surface area contributed by atoms with Gasteiger partial charge in [-0.05, 0) is 62.6 Å². The predicted octanol–water partition coefficient (Wildman–Crippen LogP) is 3.08. The average Bonchev–Trinajstić information content (AvgIpc) is 3.26. The Morgan fingerprint density at radius 2 is 1.81 bits per heavy atom. The van der Waals surface area contributed by atoms with Crippen molar-refractivity contribution in [3.63, 3.8) is 0 Å². The van der Waals surface area contributed by atoms with Crippen LogP contribution in [0.25, 0.3) is 11.3 Å². The van der Waals surface area contributed by atoms with Gasteiger partial charge in [-0.25, -0.2) is 4.39 Å². The van der Waals surface area contributed by atoms with E-state index in [1.807, 2.05) is 0 Å². The zero-order valence-electron chi connectivity index (χ0n) is 18.6. The maximum Gasteiger partial charge on any atom is 0.289 e. The van der Waals surface area contributed by atoms with Gasteiger partial charge in [0.05, 0.1) is 18.2 Å². The average molecular weight is 445 g/mol. The molecule has 0 radical (unpaired) electrons. The summed E-state index contributed by atoms with van der Waals surface area (Å²) in [7, 11) is 1.70. The fourth-order valence-electron chi connectivity index (χ4n) is 4.64. The predicted molar refractivity (Wildman–Crippen MR) is 115 cm³/mol. The Labute approximate surface area is 186 Å². The van der Waals surface area contributed by atoms with Crippen LogP contribution < -0.4 is 0 Å². The Kier molecular flexibility index (Phi) is 5.85. The lowest BCUT2D eigenvalue weighted by atomic mass is 9.77. The maximum absolute atomic E-state index is 13.1. The van der Waals surface area contributed by atoms with Crippen LogP contribution in [0.15, 0.2) is 40.8 Å². The summed E-state index contributed by atoms with van der Waals surface area (Å²) < 4.78 is 25.0. The molecule has 1 aromatic carbocycles. The summed E-state index contributed by atoms with van der Waals surface area (Å²) in [6.07, 6.45) is 1.75. The number of hydrogen-bond acceptors (Lipinski definition) is 5. The van der Waals surface area contributed by atoms with E-state index in [1.54, 1.807) is 48.0 Å². The van der Waals surface area contributed by atoms with Crippen molar-refractivity contribution in [2.45, 2.75) is 50.4 Å². The first kappa shape index (κ1) is 22.5. The van der Waals surface area contributed by atoms with Gasteiger partial charge in [-0.2, -0.15) is 0 Å². The molecular weight excluding hydrogens is 415 g/mol. The summed E-state index contributed by atoms with van der Waals surface area (Å²) in [4.78, 5) is 28.2. The molecule has 2 aliphatic rings. The molecule has 172 valence electrons. The molecule has 2 atom stereocenters. The van der Waals surface area contributed by atoms with Crippen molar-refractivity contribution >= 4 is 11.8 Å². The van der Waals surface area contributed by atoms with Gasteiger partial charge in [0.15, 0.2) is 5.76 Å². The van der Waals surface area contributed by atoms with Gasteiger partial charge < -0.3 is 24.1 Å². The van der Waals surface area contributed by atoms with Gasteiger partial charge >= 0.3 is 0 Å². The minimum absolute atomic E-state index is 0.102. The van der Waals surface area contributed by atoms with Gasteiger partial charge in [0, 0.05) is 32.6 Å². The number of likely N-dealkylation sites (tertiary alicyclic amines) is 1. The normalized spacial score (nSPS) is 25.0. The lowest BCUT2D eigenvalue weighted by molar-refractivity contribution is -0.207. The number of halogens is 1. The molecule has 1 spiro atoms. The van der Waals surface area contributed by atoms with Crippen LogP contribution in [0.4, 0.5) is 4.39 Å². The Morgan fingerprint density at radius 3 is 2.44 bits per heavy atom. The molecular formula is C24H29FN2O5. The molecule has 2 saturated heterocycles. The van der Waals surface area contributed by atoms with E-state index >= 15 is 0 Å². The minimum atomic E-state index is -1.12. The lowest BCUT2D eigenvalue weighted by Gasteiger charge is -2.52. The summed E-state index contributed by atoms with van der Waals surface area (Å²) in [5, 5.41) is 10.8. The third-order valence-corrected chi connectivity index (χ3v) is 6.83. The molecule has 0 unspecified atom stereocenters. The van der Waals surface area contributed by atoms with Gasteiger partial charge in [0.1, 0.15) is 17.2 Å². The highest BCUT2D eigenvalue weighted by molar-refractivity contribution is 5.92. The molecule has 3 heterocycles. The van der Waals surface area contributed by atoms with Crippen molar-refractivity contribution in [2.75, 3.05) is 26.7 Å². The highest BCUT2D eigenvalue weighted by Gasteiger charge is 2.50. The molecule has 2 aliphatic heterocycles. The van der Waals surface area contributed by atoms with E-state index < -0.39 is 11.2 Å². The first-order chi connectivity index (χ1) is 15.1. The molecule has 4 rings (SSSR count). The molecule has 2 amide bonds. The van der Waals surface area contributed by atoms with Crippen LogP contribution in [-0.4, -0.2) is 70.7 Å². The zero-order chi connectivity index (χ0) is 23.1. The second kappa shape index (κ2) is 8.33. The molecule has 1 aromatic heterocycles. The highest BCUT2D eigenvalue weighted by Crippen LogP contribution is 2.40. The van der Waals surface area contributed by atoms with E-state index in [1.165, 1.54) is 19.1 Å². The van der Waals surface area contributed by atoms with Crippen LogP contribution >= 0.6 is 0 Å². The Bertz CT molecular complexity index is 992. The Morgan fingerprint density at radius 1 is 1.16 bits per heavy atom. The van der Waals surface area contributed by atoms with Crippen LogP contribution in [0.2, 0.25) is 0 Å². The molecule has 0 aliphatic carbocycles. The number of benzene rings is 1. The third kappa shape index (κ3) is 4.29. The van der Waals surface area contributed by atoms with Crippen LogP contribution in [-0.2, 0) is 9.53 Å². The quantitative estimate of drug-likeness (QED) is 0.787. The largest absolute Gasteiger partial charge is 0.451 e. The number of piperidine rings is 1. The van der Waals surface area contributed by atoms with Crippen molar-refractivity contribution in [2.24, 2.45) is 0 Å². The number of carbonyl (C=O) groups is 2. The first-order valence-electron chi connectivity index (χ1n) is 10.9. The van der Waals surface area contributed by atoms with Gasteiger partial charge in [-0.3, -0.25) is 9.59 Å². The Balaban J connectivity index is 1.42. The van der Waals surface area contributed by atoms with Crippen molar-refractivity contribution in [3.8, 4) is 11.3 Å². The molecule has 0 saturated carbocycles. The van der Waals surface area contributed by atoms with E-state index in [-0.39, 0.29) is 36.0 Å². The molecule has 2 fully saturated rings.